The lowest BCUT2D eigenvalue weighted by Crippen LogP contribution is -2.29. The molecule has 0 spiro atoms. The van der Waals surface area contributed by atoms with Gasteiger partial charge in [-0.3, -0.25) is 4.79 Å². The Hall–Kier alpha value is -1.11. The molecular weight excluding hydrogens is 244 g/mol. The van der Waals surface area contributed by atoms with Crippen LogP contribution in [-0.2, 0) is 11.2 Å². The zero-order valence-corrected chi connectivity index (χ0v) is 13.4. The maximum atomic E-state index is 12.4. The first kappa shape index (κ1) is 15.3. The third-order valence-corrected chi connectivity index (χ3v) is 4.87. The van der Waals surface area contributed by atoms with Crippen molar-refractivity contribution in [2.45, 2.75) is 59.8 Å². The van der Waals surface area contributed by atoms with Crippen molar-refractivity contribution in [2.75, 3.05) is 0 Å². The molecule has 1 aromatic carbocycles. The van der Waals surface area contributed by atoms with Crippen LogP contribution in [0.15, 0.2) is 24.3 Å². The second kappa shape index (κ2) is 6.11. The summed E-state index contributed by atoms with van der Waals surface area (Å²) >= 11 is 0. The van der Waals surface area contributed by atoms with Crippen molar-refractivity contribution >= 4 is 5.78 Å². The predicted octanol–water partition coefficient (Wildman–Crippen LogP) is 4.96. The number of ketones is 1. The Bertz CT molecular complexity index is 459. The van der Waals surface area contributed by atoms with Gasteiger partial charge >= 0.3 is 0 Å². The van der Waals surface area contributed by atoms with Crippen molar-refractivity contribution in [3.8, 4) is 0 Å². The van der Waals surface area contributed by atoms with Crippen LogP contribution in [0.2, 0.25) is 0 Å². The van der Waals surface area contributed by atoms with Gasteiger partial charge in [-0.15, -0.1) is 0 Å². The van der Waals surface area contributed by atoms with Crippen LogP contribution in [0.3, 0.4) is 0 Å². The average molecular weight is 272 g/mol. The normalized spacial score (nSPS) is 23.6. The molecule has 110 valence electrons. The molecule has 0 aromatic heterocycles. The number of aryl methyl sites for hydroxylation is 1. The molecule has 1 aliphatic carbocycles. The molecule has 1 aromatic rings. The number of hydrogen-bond acceptors (Lipinski definition) is 1. The maximum Gasteiger partial charge on any atom is 0.140 e. The molecule has 20 heavy (non-hydrogen) atoms. The Kier molecular flexibility index (Phi) is 4.67. The van der Waals surface area contributed by atoms with Gasteiger partial charge in [-0.05, 0) is 49.5 Å². The average Bonchev–Trinajstić information content (AvgIpc) is 2.38. The van der Waals surface area contributed by atoms with Crippen LogP contribution >= 0.6 is 0 Å². The van der Waals surface area contributed by atoms with Crippen molar-refractivity contribution < 1.29 is 4.79 Å². The number of carbonyl (C=O) groups excluding carboxylic acids is 1. The van der Waals surface area contributed by atoms with Gasteiger partial charge in [-0.1, -0.05) is 50.6 Å². The van der Waals surface area contributed by atoms with E-state index in [1.807, 2.05) is 0 Å². The van der Waals surface area contributed by atoms with E-state index in [1.165, 1.54) is 24.0 Å². The second-order valence-electron chi connectivity index (χ2n) is 7.55. The highest BCUT2D eigenvalue weighted by Gasteiger charge is 2.32. The summed E-state index contributed by atoms with van der Waals surface area (Å²) in [6, 6.07) is 8.35. The minimum atomic E-state index is 0.300. The van der Waals surface area contributed by atoms with E-state index in [0.717, 1.165) is 18.8 Å². The smallest absolute Gasteiger partial charge is 0.140 e. The summed E-state index contributed by atoms with van der Waals surface area (Å²) in [5.74, 6) is 1.53. The minimum absolute atomic E-state index is 0.300. The molecule has 1 saturated carbocycles. The molecule has 1 nitrogen and oxygen atoms in total. The van der Waals surface area contributed by atoms with E-state index in [-0.39, 0.29) is 0 Å². The van der Waals surface area contributed by atoms with Gasteiger partial charge in [-0.2, -0.15) is 0 Å². The monoisotopic (exact) mass is 272 g/mol. The highest BCUT2D eigenvalue weighted by molar-refractivity contribution is 5.83. The first-order chi connectivity index (χ1) is 9.36. The lowest BCUT2D eigenvalue weighted by molar-refractivity contribution is -0.123. The van der Waals surface area contributed by atoms with E-state index >= 15 is 0 Å². The van der Waals surface area contributed by atoms with Gasteiger partial charge in [0.15, 0.2) is 0 Å². The molecule has 0 radical (unpaired) electrons. The summed E-state index contributed by atoms with van der Waals surface area (Å²) < 4.78 is 0. The van der Waals surface area contributed by atoms with Gasteiger partial charge in [0, 0.05) is 12.3 Å². The molecule has 1 aliphatic rings. The molecule has 1 heteroatoms. The number of carbonyl (C=O) groups is 1. The summed E-state index contributed by atoms with van der Waals surface area (Å²) in [6.45, 7) is 9.06. The molecular formula is C19H28O. The SMILES string of the molecule is Cc1cccc(CC(=O)C2CCC(C(C)(C)C)CC2)c1. The van der Waals surface area contributed by atoms with Crippen molar-refractivity contribution in [1.82, 2.24) is 0 Å². The molecule has 0 amide bonds. The number of hydrogen-bond donors (Lipinski definition) is 0. The highest BCUT2D eigenvalue weighted by Crippen LogP contribution is 2.40. The molecule has 1 fully saturated rings. The molecule has 2 rings (SSSR count). The van der Waals surface area contributed by atoms with E-state index in [2.05, 4.69) is 52.0 Å². The topological polar surface area (TPSA) is 17.1 Å². The molecule has 0 N–H and O–H groups in total. The van der Waals surface area contributed by atoms with Crippen LogP contribution in [0.4, 0.5) is 0 Å². The minimum Gasteiger partial charge on any atom is -0.299 e. The van der Waals surface area contributed by atoms with Gasteiger partial charge in [0.05, 0.1) is 0 Å². The molecule has 0 atom stereocenters. The van der Waals surface area contributed by atoms with Crippen molar-refractivity contribution in [3.05, 3.63) is 35.4 Å². The Balaban J connectivity index is 1.89. The number of benzene rings is 1. The van der Waals surface area contributed by atoms with Crippen LogP contribution in [0.1, 0.15) is 57.6 Å². The van der Waals surface area contributed by atoms with Crippen LogP contribution in [0.25, 0.3) is 0 Å². The van der Waals surface area contributed by atoms with Crippen LogP contribution in [-0.4, -0.2) is 5.78 Å². The van der Waals surface area contributed by atoms with Gasteiger partial charge in [-0.25, -0.2) is 0 Å². The first-order valence-electron chi connectivity index (χ1n) is 7.94. The molecule has 0 heterocycles. The van der Waals surface area contributed by atoms with Crippen LogP contribution in [0, 0.1) is 24.2 Å². The molecule has 0 unspecified atom stereocenters. The van der Waals surface area contributed by atoms with Crippen LogP contribution < -0.4 is 0 Å². The third kappa shape index (κ3) is 3.94. The summed E-state index contributed by atoms with van der Waals surface area (Å²) in [4.78, 5) is 12.4. The predicted molar refractivity (Wildman–Crippen MR) is 84.8 cm³/mol. The Morgan fingerprint density at radius 3 is 2.35 bits per heavy atom. The summed E-state index contributed by atoms with van der Waals surface area (Å²) in [5, 5.41) is 0. The van der Waals surface area contributed by atoms with Crippen molar-refractivity contribution in [1.29, 1.82) is 0 Å². The summed E-state index contributed by atoms with van der Waals surface area (Å²) in [7, 11) is 0. The van der Waals surface area contributed by atoms with Crippen LogP contribution in [0.5, 0.6) is 0 Å². The number of rotatable bonds is 3. The van der Waals surface area contributed by atoms with E-state index < -0.39 is 0 Å². The largest absolute Gasteiger partial charge is 0.299 e. The molecule has 0 bridgehead atoms. The van der Waals surface area contributed by atoms with E-state index in [1.54, 1.807) is 0 Å². The lowest BCUT2D eigenvalue weighted by atomic mass is 9.69. The van der Waals surface area contributed by atoms with Gasteiger partial charge < -0.3 is 0 Å². The highest BCUT2D eigenvalue weighted by atomic mass is 16.1. The Labute approximate surface area is 123 Å². The second-order valence-corrected chi connectivity index (χ2v) is 7.55. The van der Waals surface area contributed by atoms with Gasteiger partial charge in [0.1, 0.15) is 5.78 Å². The summed E-state index contributed by atoms with van der Waals surface area (Å²) in [6.07, 6.45) is 5.23. The molecule has 0 aliphatic heterocycles. The third-order valence-electron chi connectivity index (χ3n) is 4.87. The number of Topliss-reactive ketones (excluding diaryl/α,β-unsaturated/α-hetero) is 1. The standard InChI is InChI=1S/C19H28O/c1-14-6-5-7-15(12-14)13-18(20)16-8-10-17(11-9-16)19(2,3)4/h5-7,12,16-17H,8-11,13H2,1-4H3. The van der Waals surface area contributed by atoms with Gasteiger partial charge in [0.2, 0.25) is 0 Å². The van der Waals surface area contributed by atoms with E-state index in [4.69, 9.17) is 0 Å². The first-order valence-corrected chi connectivity index (χ1v) is 7.94. The zero-order chi connectivity index (χ0) is 14.8. The fraction of sp³-hybridized carbons (Fsp3) is 0.632. The zero-order valence-electron chi connectivity index (χ0n) is 13.4. The van der Waals surface area contributed by atoms with Crippen molar-refractivity contribution in [2.24, 2.45) is 17.3 Å². The maximum absolute atomic E-state index is 12.4. The molecule has 0 saturated heterocycles. The van der Waals surface area contributed by atoms with Gasteiger partial charge in [0.25, 0.3) is 0 Å². The van der Waals surface area contributed by atoms with E-state index in [9.17, 15) is 4.79 Å². The van der Waals surface area contributed by atoms with Crippen molar-refractivity contribution in [3.63, 3.8) is 0 Å². The lowest BCUT2D eigenvalue weighted by Gasteiger charge is -2.36. The fourth-order valence-electron chi connectivity index (χ4n) is 3.45. The fourth-order valence-corrected chi connectivity index (χ4v) is 3.45. The quantitative estimate of drug-likeness (QED) is 0.760. The Morgan fingerprint density at radius 2 is 1.80 bits per heavy atom. The van der Waals surface area contributed by atoms with E-state index in [0.29, 0.717) is 23.5 Å². The summed E-state index contributed by atoms with van der Waals surface area (Å²) in [5.41, 5.74) is 2.81. The Morgan fingerprint density at radius 1 is 1.15 bits per heavy atom.